The van der Waals surface area contributed by atoms with Gasteiger partial charge < -0.3 is 11.1 Å². The van der Waals surface area contributed by atoms with Crippen molar-refractivity contribution in [1.29, 1.82) is 0 Å². The van der Waals surface area contributed by atoms with E-state index in [-0.39, 0.29) is 12.3 Å². The van der Waals surface area contributed by atoms with Crippen molar-refractivity contribution in [3.63, 3.8) is 0 Å². The number of benzene rings is 1. The Morgan fingerprint density at radius 3 is 2.65 bits per heavy atom. The lowest BCUT2D eigenvalue weighted by Crippen LogP contribution is -2.42. The summed E-state index contributed by atoms with van der Waals surface area (Å²) in [6.45, 7) is 1.51. The molecule has 0 spiro atoms. The van der Waals surface area contributed by atoms with Gasteiger partial charge in [-0.05, 0) is 30.7 Å². The van der Waals surface area contributed by atoms with Gasteiger partial charge in [0, 0.05) is 10.0 Å². The van der Waals surface area contributed by atoms with Gasteiger partial charge in [-0.25, -0.2) is 0 Å². The molecular weight excluding hydrogens is 263 g/mol. The van der Waals surface area contributed by atoms with Gasteiger partial charge in [-0.2, -0.15) is 0 Å². The Kier molecular flexibility index (Phi) is 4.78. The Morgan fingerprint density at radius 1 is 1.41 bits per heavy atom. The molecular formula is C11H12Cl2N2O2. The van der Waals surface area contributed by atoms with Gasteiger partial charge >= 0.3 is 0 Å². The second-order valence-electron chi connectivity index (χ2n) is 3.60. The molecule has 0 aliphatic rings. The maximum absolute atomic E-state index is 11.6. The summed E-state index contributed by atoms with van der Waals surface area (Å²) < 4.78 is 0. The fraction of sp³-hybridized carbons (Fsp3) is 0.273. The minimum atomic E-state index is -0.708. The van der Waals surface area contributed by atoms with Gasteiger partial charge in [0.25, 0.3) is 0 Å². The van der Waals surface area contributed by atoms with Crippen LogP contribution in [0.5, 0.6) is 0 Å². The largest absolute Gasteiger partial charge is 0.368 e. The Hall–Kier alpha value is -1.26. The molecule has 92 valence electrons. The van der Waals surface area contributed by atoms with Crippen molar-refractivity contribution in [2.45, 2.75) is 19.4 Å². The van der Waals surface area contributed by atoms with Crippen LogP contribution in [0.3, 0.4) is 0 Å². The SMILES string of the molecule is C[C@@H](NC(=O)Cc1cc(Cl)ccc1Cl)C(N)=O. The number of nitrogens with two attached hydrogens (primary N) is 1. The molecule has 6 heteroatoms. The standard InChI is InChI=1S/C11H12Cl2N2O2/c1-6(11(14)17)15-10(16)5-7-4-8(12)2-3-9(7)13/h2-4,6H,5H2,1H3,(H2,14,17)(H,15,16)/t6-/m1/s1. The molecule has 2 amide bonds. The third kappa shape index (κ3) is 4.24. The molecule has 0 aromatic heterocycles. The minimum absolute atomic E-state index is 0.0526. The fourth-order valence-corrected chi connectivity index (χ4v) is 1.59. The number of nitrogens with one attached hydrogen (secondary N) is 1. The van der Waals surface area contributed by atoms with Crippen LogP contribution in [0, 0.1) is 0 Å². The number of primary amides is 1. The Bertz CT molecular complexity index is 449. The highest BCUT2D eigenvalue weighted by Gasteiger charge is 2.13. The number of hydrogen-bond acceptors (Lipinski definition) is 2. The zero-order valence-electron chi connectivity index (χ0n) is 9.17. The predicted octanol–water partition coefficient (Wildman–Crippen LogP) is 1.53. The van der Waals surface area contributed by atoms with Crippen molar-refractivity contribution < 1.29 is 9.59 Å². The van der Waals surface area contributed by atoms with E-state index in [1.807, 2.05) is 0 Å². The van der Waals surface area contributed by atoms with E-state index >= 15 is 0 Å². The number of carbonyl (C=O) groups is 2. The molecule has 0 aliphatic heterocycles. The molecule has 3 N–H and O–H groups in total. The highest BCUT2D eigenvalue weighted by atomic mass is 35.5. The predicted molar refractivity (Wildman–Crippen MR) is 67.0 cm³/mol. The number of amides is 2. The maximum atomic E-state index is 11.6. The van der Waals surface area contributed by atoms with Crippen molar-refractivity contribution in [1.82, 2.24) is 5.32 Å². The molecule has 1 aromatic rings. The van der Waals surface area contributed by atoms with E-state index in [0.717, 1.165) is 0 Å². The van der Waals surface area contributed by atoms with Crippen LogP contribution in [-0.4, -0.2) is 17.9 Å². The van der Waals surface area contributed by atoms with Crippen LogP contribution < -0.4 is 11.1 Å². The molecule has 4 nitrogen and oxygen atoms in total. The van der Waals surface area contributed by atoms with Crippen LogP contribution in [0.15, 0.2) is 18.2 Å². The number of halogens is 2. The van der Waals surface area contributed by atoms with Crippen LogP contribution in [-0.2, 0) is 16.0 Å². The van der Waals surface area contributed by atoms with Crippen molar-refractivity contribution in [3.05, 3.63) is 33.8 Å². The fourth-order valence-electron chi connectivity index (χ4n) is 1.22. The summed E-state index contributed by atoms with van der Waals surface area (Å²) in [5, 5.41) is 3.41. The summed E-state index contributed by atoms with van der Waals surface area (Å²) >= 11 is 11.7. The Balaban J connectivity index is 2.68. The number of hydrogen-bond donors (Lipinski definition) is 2. The van der Waals surface area contributed by atoms with Crippen LogP contribution in [0.2, 0.25) is 10.0 Å². The highest BCUT2D eigenvalue weighted by Crippen LogP contribution is 2.20. The summed E-state index contributed by atoms with van der Waals surface area (Å²) in [4.78, 5) is 22.3. The molecule has 0 saturated heterocycles. The van der Waals surface area contributed by atoms with E-state index in [2.05, 4.69) is 5.32 Å². The smallest absolute Gasteiger partial charge is 0.239 e. The minimum Gasteiger partial charge on any atom is -0.368 e. The van der Waals surface area contributed by atoms with Gasteiger partial charge in [-0.3, -0.25) is 9.59 Å². The third-order valence-corrected chi connectivity index (χ3v) is 2.77. The molecule has 0 fully saturated rings. The quantitative estimate of drug-likeness (QED) is 0.874. The molecule has 0 bridgehead atoms. The molecule has 1 atom stereocenters. The average Bonchev–Trinajstić information content (AvgIpc) is 2.23. The van der Waals surface area contributed by atoms with Gasteiger partial charge in [0.1, 0.15) is 6.04 Å². The van der Waals surface area contributed by atoms with Crippen molar-refractivity contribution in [3.8, 4) is 0 Å². The maximum Gasteiger partial charge on any atom is 0.239 e. The lowest BCUT2D eigenvalue weighted by Gasteiger charge is -2.10. The Labute approximate surface area is 109 Å². The van der Waals surface area contributed by atoms with E-state index in [1.165, 1.54) is 6.92 Å². The van der Waals surface area contributed by atoms with Crippen LogP contribution in [0.25, 0.3) is 0 Å². The summed E-state index contributed by atoms with van der Waals surface area (Å²) in [5.41, 5.74) is 5.64. The molecule has 0 unspecified atom stereocenters. The molecule has 0 saturated carbocycles. The first-order valence-electron chi connectivity index (χ1n) is 4.92. The lowest BCUT2D eigenvalue weighted by atomic mass is 10.1. The van der Waals surface area contributed by atoms with Crippen LogP contribution in [0.4, 0.5) is 0 Å². The van der Waals surface area contributed by atoms with Gasteiger partial charge in [-0.1, -0.05) is 23.2 Å². The highest BCUT2D eigenvalue weighted by molar-refractivity contribution is 6.33. The summed E-state index contributed by atoms with van der Waals surface area (Å²) in [6.07, 6.45) is 0.0526. The second kappa shape index (κ2) is 5.89. The summed E-state index contributed by atoms with van der Waals surface area (Å²) in [6, 6.07) is 4.15. The van der Waals surface area contributed by atoms with E-state index in [0.29, 0.717) is 15.6 Å². The molecule has 1 rings (SSSR count). The monoisotopic (exact) mass is 274 g/mol. The second-order valence-corrected chi connectivity index (χ2v) is 4.45. The third-order valence-electron chi connectivity index (χ3n) is 2.16. The van der Waals surface area contributed by atoms with Crippen molar-refractivity contribution >= 4 is 35.0 Å². The van der Waals surface area contributed by atoms with E-state index in [9.17, 15) is 9.59 Å². The normalized spacial score (nSPS) is 11.9. The first-order valence-corrected chi connectivity index (χ1v) is 5.68. The molecule has 1 aromatic carbocycles. The molecule has 17 heavy (non-hydrogen) atoms. The Morgan fingerprint density at radius 2 is 2.06 bits per heavy atom. The van der Waals surface area contributed by atoms with Crippen molar-refractivity contribution in [2.24, 2.45) is 5.73 Å². The number of rotatable bonds is 4. The molecule has 0 aliphatic carbocycles. The first kappa shape index (κ1) is 13.8. The van der Waals surface area contributed by atoms with Gasteiger partial charge in [0.15, 0.2) is 0 Å². The summed E-state index contributed by atoms with van der Waals surface area (Å²) in [5.74, 6) is -0.920. The van der Waals surface area contributed by atoms with Gasteiger partial charge in [0.05, 0.1) is 6.42 Å². The summed E-state index contributed by atoms with van der Waals surface area (Å²) in [7, 11) is 0. The zero-order chi connectivity index (χ0) is 13.0. The van der Waals surface area contributed by atoms with E-state index in [4.69, 9.17) is 28.9 Å². The topological polar surface area (TPSA) is 72.2 Å². The average molecular weight is 275 g/mol. The first-order chi connectivity index (χ1) is 7.90. The number of carbonyl (C=O) groups excluding carboxylic acids is 2. The van der Waals surface area contributed by atoms with Gasteiger partial charge in [0.2, 0.25) is 11.8 Å². The van der Waals surface area contributed by atoms with E-state index in [1.54, 1.807) is 18.2 Å². The zero-order valence-corrected chi connectivity index (χ0v) is 10.7. The molecule has 0 radical (unpaired) electrons. The van der Waals surface area contributed by atoms with Crippen molar-refractivity contribution in [2.75, 3.05) is 0 Å². The molecule has 0 heterocycles. The van der Waals surface area contributed by atoms with Gasteiger partial charge in [-0.15, -0.1) is 0 Å². The lowest BCUT2D eigenvalue weighted by molar-refractivity contribution is -0.126. The van der Waals surface area contributed by atoms with Crippen LogP contribution >= 0.6 is 23.2 Å². The van der Waals surface area contributed by atoms with E-state index < -0.39 is 11.9 Å². The van der Waals surface area contributed by atoms with Crippen LogP contribution in [0.1, 0.15) is 12.5 Å².